The zero-order chi connectivity index (χ0) is 100. The summed E-state index contributed by atoms with van der Waals surface area (Å²) in [6, 6.07) is 34.6. The third kappa shape index (κ3) is 37.6. The van der Waals surface area contributed by atoms with Gasteiger partial charge in [0.2, 0.25) is 22.8 Å². The van der Waals surface area contributed by atoms with Crippen LogP contribution in [0.25, 0.3) is 43.8 Å². The number of oxazole rings is 1. The van der Waals surface area contributed by atoms with Crippen LogP contribution in [0.3, 0.4) is 0 Å². The number of carbonyl (C=O) groups excluding carboxylic acids is 10. The first-order valence-corrected chi connectivity index (χ1v) is 47.2. The molecule has 0 aliphatic carbocycles. The Balaban J connectivity index is -0.000000220. The Morgan fingerprint density at radius 1 is 0.630 bits per heavy atom. The number of ether oxygens (including phenoxy) is 4. The number of rotatable bonds is 36. The first-order chi connectivity index (χ1) is 66.2. The molecular weight excluding hydrogens is 1870 g/mol. The number of aromatic nitrogens is 5. The van der Waals surface area contributed by atoms with Gasteiger partial charge in [-0.05, 0) is 138 Å². The molecule has 0 saturated heterocycles. The molecule has 3 aliphatic rings. The van der Waals surface area contributed by atoms with Gasteiger partial charge in [0, 0.05) is 71.1 Å². The number of para-hydroxylation sites is 2. The average molecular weight is 2000 g/mol. The number of thioether (sulfide) groups is 2. The van der Waals surface area contributed by atoms with E-state index in [-0.39, 0.29) is 174 Å². The fraction of sp³-hybridized carbons (Fsp3) is 0.353. The Morgan fingerprint density at radius 3 is 1.59 bits per heavy atom. The number of amides is 2. The van der Waals surface area contributed by atoms with Crippen LogP contribution in [0.5, 0.6) is 17.7 Å². The molecular formula is C102H130KN11O20S4. The van der Waals surface area contributed by atoms with Crippen molar-refractivity contribution in [3.63, 3.8) is 0 Å². The van der Waals surface area contributed by atoms with Crippen molar-refractivity contribution in [2.75, 3.05) is 32.2 Å². The van der Waals surface area contributed by atoms with Gasteiger partial charge in [-0.3, -0.25) is 62.2 Å². The molecule has 0 spiro atoms. The summed E-state index contributed by atoms with van der Waals surface area (Å²) >= 11 is 4.75. The molecule has 0 bridgehead atoms. The summed E-state index contributed by atoms with van der Waals surface area (Å²) < 4.78 is 29.9. The largest absolute Gasteiger partial charge is 1.00 e. The van der Waals surface area contributed by atoms with Crippen molar-refractivity contribution in [1.29, 1.82) is 5.26 Å². The molecule has 4 aromatic carbocycles. The first kappa shape index (κ1) is 117. The Bertz CT molecular complexity index is 6230. The van der Waals surface area contributed by atoms with E-state index in [0.717, 1.165) is 107 Å². The van der Waals surface area contributed by atoms with E-state index in [9.17, 15) is 68.1 Å². The first-order valence-electron chi connectivity index (χ1n) is 43.8. The van der Waals surface area contributed by atoms with E-state index >= 15 is 0 Å². The topological polar surface area (TPSA) is 423 Å². The minimum Gasteiger partial charge on any atom is -0.876 e. The average Bonchev–Trinajstić information content (AvgIpc) is 1.64. The van der Waals surface area contributed by atoms with Crippen LogP contribution in [-0.2, 0) is 50.0 Å². The number of imide groups is 1. The number of hydrogen-bond donors (Lipinski definition) is 3. The number of unbranched alkanes of at least 4 members (excludes halogenated alkanes) is 18. The molecule has 1 unspecified atom stereocenters. The number of nitrogens with zero attached hydrogens (tertiary/aromatic N) is 11. The molecule has 3 aliphatic heterocycles. The number of hydrogen-bond acceptors (Lipinski definition) is 29. The van der Waals surface area contributed by atoms with Gasteiger partial charge in [0.25, 0.3) is 23.2 Å². The molecule has 1 atom stereocenters. The molecule has 138 heavy (non-hydrogen) atoms. The molecule has 738 valence electrons. The number of aliphatic imine (C=N–C) groups is 2. The predicted octanol–water partition coefficient (Wildman–Crippen LogP) is 15.9. The smallest absolute Gasteiger partial charge is 0.876 e. The molecule has 4 aromatic heterocycles. The van der Waals surface area contributed by atoms with Gasteiger partial charge in [-0.1, -0.05) is 208 Å². The van der Waals surface area contributed by atoms with Crippen LogP contribution in [-0.4, -0.2) is 152 Å². The summed E-state index contributed by atoms with van der Waals surface area (Å²) in [4.78, 5) is 150. The van der Waals surface area contributed by atoms with Crippen molar-refractivity contribution < 1.29 is 160 Å². The SMILES string of the molecule is C#CC#CC#CC#CC#COCC1N=C(C)C(C)(C)C1=O.CCCCCCCCCCCCSC1=N/C(=C/[O-])C(=O)S1.Cc1nc(C=O)c(O)n1-c1ccccc1.Cn1c(C=O)c(O)n(-c2ccccc2)c1=O.O=Cc1nc(-c2ccccc2)oc1O.[C-]#[N+]/C(=C/N1C(=O)c2ccccc2C1=O)C(=O)OCCCCCCCCCCCC.[C-]#[N+]C(C(=O)OCC)=c1sc(=C(C#N)C(=O)OCC)s1.[HH].[HH].[HH].[HH].[HH].[HH].[HH].[HH].[HH].[HH].[HH].[HH].[K+]. The van der Waals surface area contributed by atoms with Gasteiger partial charge in [-0.25, -0.2) is 38.8 Å². The number of terminal acetylenes is 1. The third-order valence-corrected chi connectivity index (χ3v) is 24.5. The van der Waals surface area contributed by atoms with Crippen LogP contribution in [0.15, 0.2) is 158 Å². The maximum atomic E-state index is 12.3. The van der Waals surface area contributed by atoms with Crippen molar-refractivity contribution in [2.45, 2.75) is 190 Å². The van der Waals surface area contributed by atoms with Crippen molar-refractivity contribution in [3.05, 3.63) is 214 Å². The predicted molar refractivity (Wildman–Crippen MR) is 550 cm³/mol. The quantitative estimate of drug-likeness (QED) is 0.00314. The molecule has 31 nitrogen and oxygen atoms in total. The number of ketones is 1. The number of fused-ring (bicyclic) bond motifs is 1. The molecule has 0 fully saturated rings. The summed E-state index contributed by atoms with van der Waals surface area (Å²) in [7, 11) is 1.44. The fourth-order valence-electron chi connectivity index (χ4n) is 12.4. The van der Waals surface area contributed by atoms with E-state index in [2.05, 4.69) is 97.0 Å². The number of nitriles is 1. The zero-order valence-corrected chi connectivity index (χ0v) is 84.9. The van der Waals surface area contributed by atoms with E-state index in [1.807, 2.05) is 69.3 Å². The van der Waals surface area contributed by atoms with E-state index in [1.165, 1.54) is 114 Å². The Morgan fingerprint density at radius 2 is 1.13 bits per heavy atom. The molecule has 7 heterocycles. The van der Waals surface area contributed by atoms with Gasteiger partial charge in [0.05, 0.1) is 64.7 Å². The Kier molecular flexibility index (Phi) is 55.3. The van der Waals surface area contributed by atoms with Crippen molar-refractivity contribution in [3.8, 4) is 106 Å². The van der Waals surface area contributed by atoms with Crippen LogP contribution >= 0.6 is 46.2 Å². The van der Waals surface area contributed by atoms with Gasteiger partial charge in [0.1, 0.15) is 50.3 Å². The number of aryl methyl sites for hydroxylation is 1. The summed E-state index contributed by atoms with van der Waals surface area (Å²) in [6.45, 7) is 29.9. The van der Waals surface area contributed by atoms with E-state index in [0.29, 0.717) is 44.3 Å². The third-order valence-electron chi connectivity index (χ3n) is 19.8. The number of esters is 3. The van der Waals surface area contributed by atoms with Gasteiger partial charge < -0.3 is 43.8 Å². The number of imidazole rings is 2. The minimum absolute atomic E-state index is 0. The standard InChI is InChI=1S/C24H30N2O4.C18H13NO2.C16H27NO2S2.C12H10N2O4S2.C11H10N2O3.C11H10N2O2.C10H7NO3.K.12H2/c1-3-4-5-6-7-8-9-10-11-14-17-30-24(29)21(25-2)18-26-22(27)19-15-12-13-16-20(19)23(26)28;1-5-6-7-8-9-10-11-12-13-21-14-16-17(20)18(3,4)15(2)19-16;1-2-3-4-5-6-7-8-9-10-11-12-20-16-17-14(13-18)15(19)21-16;1-4-17-9(15)7(6-13)11-19-12(20-11)8(14-3)10(16)18-5-2;1-12-9(7-14)10(15)13(11(12)16)8-5-3-2-4-6-8;1-8-12-10(7-14)11(15)13(8)9-5-3-2-4-6-9;12-6-8-10(13)14-9(11-8)7-4-2-1-3-5-7;;;;;;;;;;;;;/h12-13,15-16,18H,3-11,14,17H2,1H3;1,16H,14H2,2-4H3;13,18H,2-12H2,1H3;4-5H2,1-2H3;2-7,15H,1H3;2-7,15H,1H3;1-6,13H;;12*1H/q;;;;;;;+1;;;;;;;;;;;;/p-1/b21-18+;;14-13+;;;;;;;;;;;;;;;;;. The van der Waals surface area contributed by atoms with Crippen LogP contribution < -0.4 is 69.9 Å². The molecule has 11 rings (SSSR count). The van der Waals surface area contributed by atoms with E-state index < -0.39 is 52.8 Å². The second-order valence-corrected chi connectivity index (χ2v) is 34.6. The molecule has 3 N–H and O–H groups in total. The van der Waals surface area contributed by atoms with Crippen LogP contribution in [0.1, 0.15) is 252 Å². The number of aldehydes is 3. The zero-order valence-electron chi connectivity index (χ0n) is 78.5. The van der Waals surface area contributed by atoms with Gasteiger partial charge in [-0.15, -0.1) is 35.4 Å². The number of aromatic hydroxyl groups is 3. The minimum atomic E-state index is -0.808. The molecule has 0 radical (unpaired) electrons. The van der Waals surface area contributed by atoms with E-state index in [1.54, 1.807) is 105 Å². The number of benzene rings is 4. The number of carbonyl (C=O) groups is 10. The summed E-state index contributed by atoms with van der Waals surface area (Å²) in [6.07, 6.45) is 35.3. The van der Waals surface area contributed by atoms with Crippen molar-refractivity contribution >= 4 is 127 Å². The van der Waals surface area contributed by atoms with Crippen molar-refractivity contribution in [2.24, 2.45) is 22.4 Å². The summed E-state index contributed by atoms with van der Waals surface area (Å²) in [5.74, 6) is 16.8. The molecule has 0 saturated carbocycles. The maximum absolute atomic E-state index is 12.3. The molecule has 8 aromatic rings. The number of Topliss-reactive ketones (excluding diaryl/α,β-unsaturated/α-hetero) is 1. The monoisotopic (exact) mass is 2000 g/mol. The van der Waals surface area contributed by atoms with Gasteiger partial charge in [0.15, 0.2) is 41.6 Å². The van der Waals surface area contributed by atoms with Crippen LogP contribution in [0.2, 0.25) is 0 Å². The van der Waals surface area contributed by atoms with Gasteiger partial charge >= 0.3 is 80.9 Å². The molecule has 36 heteroatoms. The Labute approximate surface area is 879 Å². The summed E-state index contributed by atoms with van der Waals surface area (Å²) in [5, 5.41) is 47.9. The normalized spacial score (nSPS) is 12.7. The van der Waals surface area contributed by atoms with Gasteiger partial charge in [-0.2, -0.15) is 5.26 Å². The van der Waals surface area contributed by atoms with E-state index in [4.69, 9.17) is 53.3 Å². The van der Waals surface area contributed by atoms with Crippen molar-refractivity contribution in [1.82, 2.24) is 28.6 Å². The van der Waals surface area contributed by atoms with Crippen LogP contribution in [0.4, 0.5) is 0 Å². The maximum Gasteiger partial charge on any atom is 1.00 e. The second-order valence-electron chi connectivity index (χ2n) is 29.8. The fourth-order valence-corrected chi connectivity index (χ4v) is 16.3. The molecule has 2 amide bonds. The Hall–Kier alpha value is -13.4. The second kappa shape index (κ2) is 65.3. The van der Waals surface area contributed by atoms with Crippen LogP contribution in [0, 0.1) is 96.7 Å². The summed E-state index contributed by atoms with van der Waals surface area (Å²) in [5.41, 5.74) is 1.79.